The average molecular weight is 352 g/mol. The Kier molecular flexibility index (Phi) is 3.87. The third-order valence-electron chi connectivity index (χ3n) is 3.57. The van der Waals surface area contributed by atoms with Gasteiger partial charge in [-0.2, -0.15) is 0 Å². The zero-order valence-corrected chi connectivity index (χ0v) is 13.9. The summed E-state index contributed by atoms with van der Waals surface area (Å²) in [6.07, 6.45) is 0. The Labute approximate surface area is 146 Å². The van der Waals surface area contributed by atoms with Crippen molar-refractivity contribution in [3.05, 3.63) is 54.3 Å². The van der Waals surface area contributed by atoms with Crippen LogP contribution in [0.2, 0.25) is 0 Å². The molecule has 8 heteroatoms. The molecule has 0 unspecified atom stereocenters. The lowest BCUT2D eigenvalue weighted by Crippen LogP contribution is -2.11. The second kappa shape index (κ2) is 6.33. The number of hydrogen-bond acceptors (Lipinski definition) is 7. The Morgan fingerprint density at radius 1 is 1.12 bits per heavy atom. The van der Waals surface area contributed by atoms with E-state index in [1.54, 1.807) is 19.2 Å². The van der Waals surface area contributed by atoms with Crippen LogP contribution < -0.4 is 10.1 Å². The van der Waals surface area contributed by atoms with Crippen molar-refractivity contribution >= 4 is 33.3 Å². The van der Waals surface area contributed by atoms with Crippen molar-refractivity contribution in [1.82, 2.24) is 15.4 Å². The van der Waals surface area contributed by atoms with Crippen LogP contribution in [0.3, 0.4) is 0 Å². The zero-order valence-electron chi connectivity index (χ0n) is 13.1. The van der Waals surface area contributed by atoms with Crippen LogP contribution in [0, 0.1) is 0 Å². The Balaban J connectivity index is 1.60. The Morgan fingerprint density at radius 3 is 2.80 bits per heavy atom. The smallest absolute Gasteiger partial charge is 0.296 e. The van der Waals surface area contributed by atoms with E-state index in [1.165, 1.54) is 11.3 Å². The molecule has 0 aliphatic heterocycles. The molecule has 2 aromatic heterocycles. The van der Waals surface area contributed by atoms with E-state index < -0.39 is 5.91 Å². The second-order valence-corrected chi connectivity index (χ2v) is 6.07. The maximum Gasteiger partial charge on any atom is 0.296 e. The first-order valence-electron chi connectivity index (χ1n) is 7.39. The van der Waals surface area contributed by atoms with Gasteiger partial charge in [0.2, 0.25) is 10.9 Å². The molecule has 124 valence electrons. The van der Waals surface area contributed by atoms with Crippen LogP contribution in [-0.2, 0) is 0 Å². The molecule has 0 fully saturated rings. The van der Waals surface area contributed by atoms with Gasteiger partial charge in [-0.15, -0.1) is 10.2 Å². The third-order valence-corrected chi connectivity index (χ3v) is 4.45. The molecule has 1 N–H and O–H groups in total. The van der Waals surface area contributed by atoms with Gasteiger partial charge in [0.25, 0.3) is 5.91 Å². The van der Waals surface area contributed by atoms with Gasteiger partial charge in [0.05, 0.1) is 18.1 Å². The molecule has 0 atom stereocenters. The number of anilines is 1. The van der Waals surface area contributed by atoms with Gasteiger partial charge in [0.15, 0.2) is 5.01 Å². The summed E-state index contributed by atoms with van der Waals surface area (Å²) in [6.45, 7) is 0. The predicted octanol–water partition coefficient (Wildman–Crippen LogP) is 3.61. The Morgan fingerprint density at radius 2 is 1.92 bits per heavy atom. The van der Waals surface area contributed by atoms with E-state index in [9.17, 15) is 4.79 Å². The largest absolute Gasteiger partial charge is 0.496 e. The first kappa shape index (κ1) is 15.3. The summed E-state index contributed by atoms with van der Waals surface area (Å²) < 4.78 is 10.5. The molecule has 0 bridgehead atoms. The van der Waals surface area contributed by atoms with Crippen LogP contribution in [0.15, 0.2) is 53.1 Å². The molecule has 2 heterocycles. The summed E-state index contributed by atoms with van der Waals surface area (Å²) in [5.74, 6) is 0.416. The quantitative estimate of drug-likeness (QED) is 0.603. The van der Waals surface area contributed by atoms with E-state index in [0.29, 0.717) is 26.8 Å². The van der Waals surface area contributed by atoms with Crippen molar-refractivity contribution in [2.75, 3.05) is 12.4 Å². The van der Waals surface area contributed by atoms with Crippen molar-refractivity contribution in [2.24, 2.45) is 0 Å². The molecule has 0 aliphatic carbocycles. The topological polar surface area (TPSA) is 90.1 Å². The number of carbonyl (C=O) groups is 1. The molecule has 0 spiro atoms. The fourth-order valence-corrected chi connectivity index (χ4v) is 3.18. The van der Waals surface area contributed by atoms with Crippen LogP contribution in [0.4, 0.5) is 5.13 Å². The van der Waals surface area contributed by atoms with Gasteiger partial charge in [0.1, 0.15) is 11.3 Å². The molecule has 0 radical (unpaired) electrons. The number of methoxy groups -OCH3 is 1. The summed E-state index contributed by atoms with van der Waals surface area (Å²) >= 11 is 1.25. The molecular weight excluding hydrogens is 340 g/mol. The number of para-hydroxylation sites is 1. The summed E-state index contributed by atoms with van der Waals surface area (Å²) in [7, 11) is 1.59. The summed E-state index contributed by atoms with van der Waals surface area (Å²) in [6, 6.07) is 14.7. The van der Waals surface area contributed by atoms with Crippen LogP contribution >= 0.6 is 11.3 Å². The number of nitrogens with zero attached hydrogens (tertiary/aromatic N) is 3. The van der Waals surface area contributed by atoms with E-state index in [1.807, 2.05) is 36.4 Å². The van der Waals surface area contributed by atoms with Crippen molar-refractivity contribution in [3.63, 3.8) is 0 Å². The monoisotopic (exact) mass is 352 g/mol. The highest BCUT2D eigenvalue weighted by atomic mass is 32.1. The highest BCUT2D eigenvalue weighted by Gasteiger charge is 2.19. The lowest BCUT2D eigenvalue weighted by atomic mass is 10.2. The predicted molar refractivity (Wildman–Crippen MR) is 93.9 cm³/mol. The minimum Gasteiger partial charge on any atom is -0.496 e. The SMILES string of the molecule is COc1ccccc1-c1nnc(NC(=O)c2onc3ccccc23)s1. The Hall–Kier alpha value is -3.26. The zero-order chi connectivity index (χ0) is 17.2. The number of ether oxygens (including phenoxy) is 1. The first-order chi connectivity index (χ1) is 12.3. The lowest BCUT2D eigenvalue weighted by Gasteiger charge is -2.03. The van der Waals surface area contributed by atoms with Crippen molar-refractivity contribution < 1.29 is 14.1 Å². The number of fused-ring (bicyclic) bond motifs is 1. The van der Waals surface area contributed by atoms with Crippen LogP contribution in [0.5, 0.6) is 5.75 Å². The molecule has 7 nitrogen and oxygen atoms in total. The molecule has 0 saturated carbocycles. The average Bonchev–Trinajstić information content (AvgIpc) is 3.28. The number of rotatable bonds is 4. The molecular formula is C17H12N4O3S. The second-order valence-electron chi connectivity index (χ2n) is 5.10. The maximum atomic E-state index is 12.4. The Bertz CT molecular complexity index is 1060. The van der Waals surface area contributed by atoms with Gasteiger partial charge < -0.3 is 9.26 Å². The standard InChI is InChI=1S/C17H12N4O3S/c1-23-13-9-5-3-7-11(13)16-19-20-17(25-16)18-15(22)14-10-6-2-4-8-12(10)21-24-14/h2-9H,1H3,(H,18,20,22). The number of aromatic nitrogens is 3. The maximum absolute atomic E-state index is 12.4. The summed E-state index contributed by atoms with van der Waals surface area (Å²) in [5, 5.41) is 16.4. The van der Waals surface area contributed by atoms with Crippen LogP contribution in [-0.4, -0.2) is 28.4 Å². The molecule has 25 heavy (non-hydrogen) atoms. The van der Waals surface area contributed by atoms with Gasteiger partial charge in [-0.25, -0.2) is 0 Å². The molecule has 0 aliphatic rings. The highest BCUT2D eigenvalue weighted by Crippen LogP contribution is 2.33. The summed E-state index contributed by atoms with van der Waals surface area (Å²) in [4.78, 5) is 12.4. The van der Waals surface area contributed by atoms with Crippen molar-refractivity contribution in [3.8, 4) is 16.3 Å². The van der Waals surface area contributed by atoms with Crippen LogP contribution in [0.1, 0.15) is 10.6 Å². The fourth-order valence-electron chi connectivity index (χ4n) is 2.41. The van der Waals surface area contributed by atoms with Crippen LogP contribution in [0.25, 0.3) is 21.5 Å². The first-order valence-corrected chi connectivity index (χ1v) is 8.20. The van der Waals surface area contributed by atoms with Gasteiger partial charge >= 0.3 is 0 Å². The lowest BCUT2D eigenvalue weighted by molar-refractivity contribution is 0.0990. The van der Waals surface area contributed by atoms with Gasteiger partial charge in [-0.05, 0) is 24.3 Å². The fraction of sp³-hybridized carbons (Fsp3) is 0.0588. The van der Waals surface area contributed by atoms with E-state index in [4.69, 9.17) is 9.26 Å². The van der Waals surface area contributed by atoms with Gasteiger partial charge in [-0.3, -0.25) is 10.1 Å². The number of benzene rings is 2. The van der Waals surface area contributed by atoms with Gasteiger partial charge in [-0.1, -0.05) is 40.8 Å². The number of carbonyl (C=O) groups excluding carboxylic acids is 1. The molecule has 4 rings (SSSR count). The molecule has 2 aromatic carbocycles. The molecule has 0 saturated heterocycles. The minimum absolute atomic E-state index is 0.143. The number of hydrogen-bond donors (Lipinski definition) is 1. The third kappa shape index (κ3) is 2.83. The summed E-state index contributed by atoms with van der Waals surface area (Å²) in [5.41, 5.74) is 1.44. The highest BCUT2D eigenvalue weighted by molar-refractivity contribution is 7.18. The van der Waals surface area contributed by atoms with E-state index in [2.05, 4.69) is 20.7 Å². The molecule has 1 amide bonds. The normalized spacial score (nSPS) is 10.8. The van der Waals surface area contributed by atoms with E-state index in [0.717, 1.165) is 5.56 Å². The van der Waals surface area contributed by atoms with Crippen molar-refractivity contribution in [2.45, 2.75) is 0 Å². The number of nitrogens with one attached hydrogen (secondary N) is 1. The van der Waals surface area contributed by atoms with E-state index >= 15 is 0 Å². The minimum atomic E-state index is -0.420. The van der Waals surface area contributed by atoms with Gasteiger partial charge in [0, 0.05) is 0 Å². The molecule has 4 aromatic rings. The number of amides is 1. The van der Waals surface area contributed by atoms with Crippen molar-refractivity contribution in [1.29, 1.82) is 0 Å². The van der Waals surface area contributed by atoms with E-state index in [-0.39, 0.29) is 5.76 Å².